The average Bonchev–Trinajstić information content (AvgIpc) is 2.26. The average molecular weight is 240 g/mol. The monoisotopic (exact) mass is 240 g/mol. The molecule has 0 radical (unpaired) electrons. The lowest BCUT2D eigenvalue weighted by Crippen LogP contribution is -2.10. The fourth-order valence-electron chi connectivity index (χ4n) is 1.84. The van der Waals surface area contributed by atoms with E-state index in [1.807, 2.05) is 0 Å². The molecular weight excluding hydrogens is 229 g/mol. The third-order valence-corrected chi connectivity index (χ3v) is 2.57. The molecule has 0 amide bonds. The number of nitrogens with zero attached hydrogens (tertiary/aromatic N) is 1. The van der Waals surface area contributed by atoms with E-state index in [1.165, 1.54) is 18.3 Å². The highest BCUT2D eigenvalue weighted by atomic mass is 19.4. The number of alkyl halides is 3. The second-order valence-electron chi connectivity index (χ2n) is 3.88. The number of hydrogen-bond acceptors (Lipinski definition) is 2. The first kappa shape index (κ1) is 11.9. The molecule has 2 rings (SSSR count). The molecule has 0 aliphatic heterocycles. The molecule has 1 unspecified atom stereocenters. The van der Waals surface area contributed by atoms with Crippen LogP contribution in [0.3, 0.4) is 0 Å². The minimum absolute atomic E-state index is 0.141. The SMILES string of the molecule is CC(N)c1nccc2c(C(F)(F)F)cccc12. The van der Waals surface area contributed by atoms with Crippen LogP contribution >= 0.6 is 0 Å². The van der Waals surface area contributed by atoms with Crippen LogP contribution in [0.4, 0.5) is 13.2 Å². The molecule has 1 aromatic heterocycles. The maximum Gasteiger partial charge on any atom is 0.417 e. The Bertz CT molecular complexity index is 547. The van der Waals surface area contributed by atoms with E-state index in [9.17, 15) is 13.2 Å². The van der Waals surface area contributed by atoms with Gasteiger partial charge in [0.1, 0.15) is 0 Å². The molecule has 0 aliphatic rings. The third kappa shape index (κ3) is 2.10. The number of pyridine rings is 1. The minimum atomic E-state index is -4.37. The van der Waals surface area contributed by atoms with Crippen LogP contribution in [0.5, 0.6) is 0 Å². The summed E-state index contributed by atoms with van der Waals surface area (Å²) in [5, 5.41) is 0.597. The number of hydrogen-bond donors (Lipinski definition) is 1. The van der Waals surface area contributed by atoms with Crippen LogP contribution in [0.15, 0.2) is 30.5 Å². The summed E-state index contributed by atoms with van der Waals surface area (Å²) in [6.45, 7) is 1.70. The van der Waals surface area contributed by atoms with Gasteiger partial charge in [-0.15, -0.1) is 0 Å². The van der Waals surface area contributed by atoms with Crippen LogP contribution in [0, 0.1) is 0 Å². The van der Waals surface area contributed by atoms with Crippen LogP contribution in [-0.4, -0.2) is 4.98 Å². The van der Waals surface area contributed by atoms with Crippen molar-refractivity contribution in [2.24, 2.45) is 5.73 Å². The van der Waals surface area contributed by atoms with Gasteiger partial charge in [0.15, 0.2) is 0 Å². The molecule has 17 heavy (non-hydrogen) atoms. The molecule has 5 heteroatoms. The summed E-state index contributed by atoms with van der Waals surface area (Å²) >= 11 is 0. The second kappa shape index (κ2) is 4.00. The third-order valence-electron chi connectivity index (χ3n) is 2.57. The van der Waals surface area contributed by atoms with Crippen molar-refractivity contribution in [3.63, 3.8) is 0 Å². The summed E-state index contributed by atoms with van der Waals surface area (Å²) in [6, 6.07) is 5.01. The van der Waals surface area contributed by atoms with Crippen LogP contribution in [-0.2, 0) is 6.18 Å². The Morgan fingerprint density at radius 2 is 1.88 bits per heavy atom. The van der Waals surface area contributed by atoms with Crippen LogP contribution in [0.1, 0.15) is 24.2 Å². The number of nitrogens with two attached hydrogens (primary N) is 1. The maximum absolute atomic E-state index is 12.8. The number of aromatic nitrogens is 1. The summed E-state index contributed by atoms with van der Waals surface area (Å²) in [5.41, 5.74) is 5.52. The van der Waals surface area contributed by atoms with E-state index in [4.69, 9.17) is 5.73 Å². The summed E-state index contributed by atoms with van der Waals surface area (Å²) in [7, 11) is 0. The fraction of sp³-hybridized carbons (Fsp3) is 0.250. The summed E-state index contributed by atoms with van der Waals surface area (Å²) < 4.78 is 38.4. The van der Waals surface area contributed by atoms with Gasteiger partial charge in [-0.1, -0.05) is 12.1 Å². The van der Waals surface area contributed by atoms with Gasteiger partial charge in [0.2, 0.25) is 0 Å². The molecule has 2 N–H and O–H groups in total. The van der Waals surface area contributed by atoms with Crippen molar-refractivity contribution in [2.75, 3.05) is 0 Å². The smallest absolute Gasteiger partial charge is 0.323 e. The maximum atomic E-state index is 12.8. The highest BCUT2D eigenvalue weighted by molar-refractivity contribution is 5.88. The summed E-state index contributed by atoms with van der Waals surface area (Å²) in [4.78, 5) is 4.04. The van der Waals surface area contributed by atoms with Crippen molar-refractivity contribution in [1.29, 1.82) is 0 Å². The lowest BCUT2D eigenvalue weighted by atomic mass is 10.0. The number of halogens is 3. The fourth-order valence-corrected chi connectivity index (χ4v) is 1.84. The van der Waals surface area contributed by atoms with Crippen molar-refractivity contribution in [3.05, 3.63) is 41.7 Å². The Balaban J connectivity index is 2.79. The highest BCUT2D eigenvalue weighted by Gasteiger charge is 2.32. The first-order valence-electron chi connectivity index (χ1n) is 5.11. The van der Waals surface area contributed by atoms with Crippen LogP contribution in [0.2, 0.25) is 0 Å². The van der Waals surface area contributed by atoms with Gasteiger partial charge in [-0.25, -0.2) is 0 Å². The van der Waals surface area contributed by atoms with Crippen molar-refractivity contribution < 1.29 is 13.2 Å². The molecule has 2 nitrogen and oxygen atoms in total. The van der Waals surface area contributed by atoms with E-state index < -0.39 is 17.8 Å². The predicted octanol–water partition coefficient (Wildman–Crippen LogP) is 3.27. The van der Waals surface area contributed by atoms with Crippen molar-refractivity contribution in [1.82, 2.24) is 4.98 Å². The topological polar surface area (TPSA) is 38.9 Å². The Kier molecular flexibility index (Phi) is 2.79. The minimum Gasteiger partial charge on any atom is -0.323 e. The Morgan fingerprint density at radius 3 is 2.47 bits per heavy atom. The Labute approximate surface area is 96.3 Å². The van der Waals surface area contributed by atoms with Crippen LogP contribution < -0.4 is 5.73 Å². The molecule has 90 valence electrons. The molecule has 0 aliphatic carbocycles. The largest absolute Gasteiger partial charge is 0.417 e. The van der Waals surface area contributed by atoms with Crippen LogP contribution in [0.25, 0.3) is 10.8 Å². The normalized spacial score (nSPS) is 13.9. The molecule has 0 bridgehead atoms. The molecule has 1 atom stereocenters. The summed E-state index contributed by atoms with van der Waals surface area (Å²) in [5.74, 6) is 0. The zero-order valence-electron chi connectivity index (χ0n) is 9.12. The molecule has 1 aromatic carbocycles. The molecule has 1 heterocycles. The zero-order chi connectivity index (χ0) is 12.6. The van der Waals surface area contributed by atoms with E-state index in [0.717, 1.165) is 6.07 Å². The molecular formula is C12H11F3N2. The van der Waals surface area contributed by atoms with Gasteiger partial charge in [-0.3, -0.25) is 4.98 Å². The van der Waals surface area contributed by atoms with Crippen molar-refractivity contribution in [2.45, 2.75) is 19.1 Å². The standard InChI is InChI=1S/C12H11F3N2/c1-7(16)11-9-3-2-4-10(12(13,14)15)8(9)5-6-17-11/h2-7H,16H2,1H3. The number of fused-ring (bicyclic) bond motifs is 1. The van der Waals surface area contributed by atoms with Gasteiger partial charge in [0, 0.05) is 17.6 Å². The molecule has 0 saturated carbocycles. The van der Waals surface area contributed by atoms with E-state index in [1.54, 1.807) is 13.0 Å². The van der Waals surface area contributed by atoms with E-state index in [2.05, 4.69) is 4.98 Å². The summed E-state index contributed by atoms with van der Waals surface area (Å²) in [6.07, 6.45) is -3.01. The van der Waals surface area contributed by atoms with Gasteiger partial charge < -0.3 is 5.73 Å². The van der Waals surface area contributed by atoms with Gasteiger partial charge in [-0.05, 0) is 24.4 Å². The van der Waals surface area contributed by atoms with E-state index in [-0.39, 0.29) is 5.39 Å². The number of benzene rings is 1. The predicted molar refractivity (Wildman–Crippen MR) is 59.3 cm³/mol. The van der Waals surface area contributed by atoms with Crippen molar-refractivity contribution >= 4 is 10.8 Å². The van der Waals surface area contributed by atoms with Gasteiger partial charge in [-0.2, -0.15) is 13.2 Å². The second-order valence-corrected chi connectivity index (χ2v) is 3.88. The molecule has 2 aromatic rings. The van der Waals surface area contributed by atoms with E-state index in [0.29, 0.717) is 11.1 Å². The molecule has 0 fully saturated rings. The first-order valence-corrected chi connectivity index (χ1v) is 5.11. The van der Waals surface area contributed by atoms with Crippen molar-refractivity contribution in [3.8, 4) is 0 Å². The quantitative estimate of drug-likeness (QED) is 0.830. The van der Waals surface area contributed by atoms with Gasteiger partial charge in [0.25, 0.3) is 0 Å². The lowest BCUT2D eigenvalue weighted by Gasteiger charge is -2.13. The molecule has 0 spiro atoms. The number of rotatable bonds is 1. The Morgan fingerprint density at radius 1 is 1.18 bits per heavy atom. The molecule has 0 saturated heterocycles. The lowest BCUT2D eigenvalue weighted by molar-refractivity contribution is -0.136. The first-order chi connectivity index (χ1) is 7.91. The Hall–Kier alpha value is -1.62. The van der Waals surface area contributed by atoms with Gasteiger partial charge in [0.05, 0.1) is 11.3 Å². The van der Waals surface area contributed by atoms with Gasteiger partial charge >= 0.3 is 6.18 Å². The highest BCUT2D eigenvalue weighted by Crippen LogP contribution is 2.35. The zero-order valence-corrected chi connectivity index (χ0v) is 9.12. The van der Waals surface area contributed by atoms with E-state index >= 15 is 0 Å².